The van der Waals surface area contributed by atoms with Gasteiger partial charge in [-0.3, -0.25) is 53.4 Å². The number of primary amides is 1. The van der Waals surface area contributed by atoms with Crippen molar-refractivity contribution in [1.29, 1.82) is 0 Å². The highest BCUT2D eigenvalue weighted by atomic mass is 35.5. The summed E-state index contributed by atoms with van der Waals surface area (Å²) in [5, 5.41) is 134. The smallest absolute Gasteiger partial charge is 0.410 e. The van der Waals surface area contributed by atoms with Crippen molar-refractivity contribution >= 4 is 70.6 Å². The SMILES string of the molecule is Cc1cc2ccc1Oc1cc3cc(c1O[C@@H]1C[C@H](CO)[C@@H](O)[C@H](O)[C@H]1O)Oc1ccc(cc1Cl)[C@@H](O)[C@@H]1NC(=O)[C@H](NC(=O)[C@@H]3NC(=O)[C@H](CC(N)=O)NC(=O)[C@H](NC(=O)[C@@H](CC(C)C)N(C)C(=O)OCc3ccc([N+](=O)[O-])cc3)[C@@H]2O)c2ccc(O)c(c2)-c2c(O)cc(O)cc2[C@@H](C(=O)NC2C3CC4CC(C3)CC2C4)NC1=O. The lowest BCUT2D eigenvalue weighted by molar-refractivity contribution is -0.384. The minimum atomic E-state index is -2.31. The molecule has 0 spiro atoms. The number of carbonyl (C=O) groups excluding carboxylic acids is 9. The topological polar surface area (TPSA) is 529 Å². The number of aromatic hydroxyl groups is 3. The highest BCUT2D eigenvalue weighted by Gasteiger charge is 2.51. The molecule has 114 heavy (non-hydrogen) atoms. The van der Waals surface area contributed by atoms with E-state index in [0.29, 0.717) is 17.4 Å². The lowest BCUT2D eigenvalue weighted by Crippen LogP contribution is -2.59. The Morgan fingerprint density at radius 3 is 1.92 bits per heavy atom. The molecule has 15 bridgehead atoms. The third-order valence-corrected chi connectivity index (χ3v) is 22.9. The number of hydrogen-bond acceptors (Lipinski definition) is 24. The van der Waals surface area contributed by atoms with Gasteiger partial charge in [0.25, 0.3) is 5.69 Å². The van der Waals surface area contributed by atoms with Crippen molar-refractivity contribution in [2.24, 2.45) is 41.2 Å². The minimum absolute atomic E-state index is 0.0713. The average molecular weight is 1600 g/mol. The number of aliphatic hydroxyl groups excluding tert-OH is 6. The van der Waals surface area contributed by atoms with Gasteiger partial charge in [0.1, 0.15) is 108 Å². The van der Waals surface area contributed by atoms with E-state index in [2.05, 4.69) is 37.2 Å². The average Bonchev–Trinajstić information content (AvgIpc) is 0.758. The van der Waals surface area contributed by atoms with Crippen LogP contribution in [0.4, 0.5) is 10.5 Å². The number of aryl methyl sites for hydroxylation is 1. The molecule has 18 N–H and O–H groups in total. The number of nitrogens with zero attached hydrogens (tertiary/aromatic N) is 2. The van der Waals surface area contributed by atoms with Crippen LogP contribution in [0.25, 0.3) is 11.1 Å². The number of hydrogen-bond donors (Lipinski definition) is 17. The Labute approximate surface area is 655 Å². The van der Waals surface area contributed by atoms with Gasteiger partial charge in [-0.2, -0.15) is 0 Å². The molecule has 0 unspecified atom stereocenters. The van der Waals surface area contributed by atoms with E-state index in [0.717, 1.165) is 85.5 Å². The van der Waals surface area contributed by atoms with Gasteiger partial charge in [-0.15, -0.1) is 0 Å². The summed E-state index contributed by atoms with van der Waals surface area (Å²) in [6.07, 6.45) is -9.66. The van der Waals surface area contributed by atoms with E-state index in [4.69, 9.17) is 36.3 Å². The van der Waals surface area contributed by atoms with Crippen LogP contribution in [-0.4, -0.2) is 177 Å². The third kappa shape index (κ3) is 16.7. The molecular weight excluding hydrogens is 1510 g/mol. The van der Waals surface area contributed by atoms with Gasteiger partial charge >= 0.3 is 6.09 Å². The molecule has 35 heteroatoms. The molecule has 5 heterocycles. The number of non-ortho nitro benzene ring substituents is 1. The number of aliphatic hydroxyl groups is 6. The van der Waals surface area contributed by atoms with Crippen LogP contribution in [0.3, 0.4) is 0 Å². The van der Waals surface area contributed by atoms with Crippen molar-refractivity contribution in [3.05, 3.63) is 157 Å². The fourth-order valence-electron chi connectivity index (χ4n) is 16.9. The number of likely N-dealkylation sites (N-methyl/N-ethyl adjacent to an activating group) is 1. The number of nitrogens with two attached hydrogens (primary N) is 1. The molecule has 34 nitrogen and oxygen atoms in total. The van der Waals surface area contributed by atoms with Crippen LogP contribution in [0.2, 0.25) is 5.02 Å². The fraction of sp³-hybridized carbons (Fsp3) is 0.430. The maximum atomic E-state index is 16.2. The summed E-state index contributed by atoms with van der Waals surface area (Å²) < 4.78 is 25.5. The van der Waals surface area contributed by atoms with E-state index in [1.165, 1.54) is 68.6 Å². The number of ether oxygens (including phenoxy) is 4. The number of phenols is 3. The quantitative estimate of drug-likeness (QED) is 0.0510. The zero-order valence-corrected chi connectivity index (χ0v) is 62.7. The number of carbonyl (C=O) groups is 9. The standard InChI is InChI=1S/C79H87ClN10O24/c1-32(2)15-50(89(4)79(108)111-31-34-5-10-44(11-6-34)90(109)110)73(102)87-64-66(96)38-8-13-53(33(3)16-38)112-56-24-42-25-57(71(56)114-55-26-43(30-91)68(98)70(100)69(55)99)113-54-14-9-39(23-48(54)80)67(97)65-78(107)86-63(76(105)83-60-40-18-35-17-36(20-40)21-41(60)19-35)47-27-45(92)28-52(94)59(47)46-22-37(7-12-51(46)93)61(74(103)88-65)85-75(104)62(42)84-72(101)49(29-58(81)95)82-77(64)106/h5-14,16,22-25,27-28,32,35-36,40-41,43,49-50,55,60-70,91-94,96-100H,15,17-21,26,29-31H2,1-4H3,(H2,81,95)(H,82,106)(H,83,105)(H,84,101)(H,85,104)(H,86,107)(H,87,102)(H,88,103)/t35?,36?,40?,41?,43-,49+,50-,55-,60?,61-,62-,63+,64-,65+,66-,67-,68-,69+,70+/m1/s1. The van der Waals surface area contributed by atoms with Gasteiger partial charge in [-0.1, -0.05) is 43.6 Å². The maximum absolute atomic E-state index is 16.2. The first-order valence-electron chi connectivity index (χ1n) is 37.2. The second-order valence-electron chi connectivity index (χ2n) is 30.9. The van der Waals surface area contributed by atoms with Gasteiger partial charge in [0.05, 0.1) is 22.5 Å². The first-order valence-corrected chi connectivity index (χ1v) is 37.6. The lowest BCUT2D eigenvalue weighted by atomic mass is 9.54. The Balaban J connectivity index is 0.956. The number of halogens is 1. The maximum Gasteiger partial charge on any atom is 0.410 e. The molecule has 6 aromatic carbocycles. The number of phenolic OH excluding ortho intramolecular Hbond substituents is 3. The van der Waals surface area contributed by atoms with Crippen LogP contribution in [0.5, 0.6) is 46.0 Å². The summed E-state index contributed by atoms with van der Waals surface area (Å²) in [7, 11) is 1.22. The van der Waals surface area contributed by atoms with Crippen molar-refractivity contribution in [2.75, 3.05) is 13.7 Å². The minimum Gasteiger partial charge on any atom is -0.508 e. The predicted molar refractivity (Wildman–Crippen MR) is 399 cm³/mol. The van der Waals surface area contributed by atoms with Crippen molar-refractivity contribution in [1.82, 2.24) is 42.1 Å². The van der Waals surface area contributed by atoms with Crippen molar-refractivity contribution in [2.45, 2.75) is 164 Å². The van der Waals surface area contributed by atoms with Crippen LogP contribution in [0, 0.1) is 52.5 Å². The Morgan fingerprint density at radius 1 is 0.667 bits per heavy atom. The largest absolute Gasteiger partial charge is 0.508 e. The van der Waals surface area contributed by atoms with Gasteiger partial charge < -0.3 is 108 Å². The Hall–Kier alpha value is -11.4. The van der Waals surface area contributed by atoms with Crippen LogP contribution >= 0.6 is 11.6 Å². The summed E-state index contributed by atoms with van der Waals surface area (Å²) in [6.45, 7) is 3.76. The number of nitro benzene ring substituents is 1. The summed E-state index contributed by atoms with van der Waals surface area (Å²) in [6, 6.07) is 5.29. The number of benzene rings is 6. The summed E-state index contributed by atoms with van der Waals surface area (Å²) >= 11 is 7.15. The second-order valence-corrected chi connectivity index (χ2v) is 31.3. The number of amides is 9. The first kappa shape index (κ1) is 80.6. The van der Waals surface area contributed by atoms with Crippen molar-refractivity contribution in [3.8, 4) is 57.1 Å². The second kappa shape index (κ2) is 33.0. The van der Waals surface area contributed by atoms with Gasteiger partial charge in [0.15, 0.2) is 11.5 Å². The molecule has 0 aromatic heterocycles. The summed E-state index contributed by atoms with van der Waals surface area (Å²) in [4.78, 5) is 148. The predicted octanol–water partition coefficient (Wildman–Crippen LogP) is 4.00. The van der Waals surface area contributed by atoms with Crippen molar-refractivity contribution in [3.63, 3.8) is 0 Å². The van der Waals surface area contributed by atoms with E-state index in [1.54, 1.807) is 13.8 Å². The molecule has 6 aromatic rings. The van der Waals surface area contributed by atoms with Crippen LogP contribution in [0.15, 0.2) is 103 Å². The van der Waals surface area contributed by atoms with Crippen LogP contribution in [0.1, 0.15) is 134 Å². The summed E-state index contributed by atoms with van der Waals surface area (Å²) in [5.74, 6) is -14.4. The third-order valence-electron chi connectivity index (χ3n) is 22.6. The van der Waals surface area contributed by atoms with Crippen LogP contribution in [-0.2, 0) is 49.7 Å². The Bertz CT molecular complexity index is 4790. The fourth-order valence-corrected chi connectivity index (χ4v) is 17.2. The Kier molecular flexibility index (Phi) is 23.3. The zero-order valence-electron chi connectivity index (χ0n) is 61.9. The van der Waals surface area contributed by atoms with Gasteiger partial charge in [-0.05, 0) is 187 Å². The molecule has 5 fully saturated rings. The molecule has 16 rings (SSSR count). The van der Waals surface area contributed by atoms with Crippen molar-refractivity contribution < 1.29 is 113 Å². The molecule has 9 amide bonds. The zero-order chi connectivity index (χ0) is 81.7. The number of rotatable bonds is 15. The molecule has 10 aliphatic rings. The lowest BCUT2D eigenvalue weighted by Gasteiger charge is -2.54. The number of fused-ring (bicyclic) bond motifs is 15. The molecule has 0 saturated heterocycles. The molecular formula is C79H87ClN10O24. The molecule has 604 valence electrons. The number of nitro groups is 1. The number of nitrogens with one attached hydrogen (secondary N) is 7. The Morgan fingerprint density at radius 2 is 1.29 bits per heavy atom. The normalized spacial score (nSPS) is 28.0. The molecule has 0 radical (unpaired) electrons. The molecule has 5 saturated carbocycles. The van der Waals surface area contributed by atoms with E-state index < -0.39 is 203 Å². The van der Waals surface area contributed by atoms with E-state index in [-0.39, 0.29) is 97.8 Å². The molecule has 14 atom stereocenters. The summed E-state index contributed by atoms with van der Waals surface area (Å²) in [5.41, 5.74) is 4.06. The monoisotopic (exact) mass is 1590 g/mol. The van der Waals surface area contributed by atoms with Gasteiger partial charge in [0, 0.05) is 54.9 Å². The van der Waals surface area contributed by atoms with Gasteiger partial charge in [-0.25, -0.2) is 4.79 Å². The van der Waals surface area contributed by atoms with E-state index >= 15 is 28.8 Å². The molecule has 5 aliphatic heterocycles. The van der Waals surface area contributed by atoms with Crippen LogP contribution < -0.4 is 57.2 Å². The first-order chi connectivity index (χ1) is 54.2. The van der Waals surface area contributed by atoms with E-state index in [9.17, 15) is 70.5 Å². The highest BCUT2D eigenvalue weighted by Crippen LogP contribution is 2.55. The van der Waals surface area contributed by atoms with Gasteiger partial charge in [0.2, 0.25) is 53.0 Å². The highest BCUT2D eigenvalue weighted by molar-refractivity contribution is 6.32. The van der Waals surface area contributed by atoms with E-state index in [1.807, 2.05) is 0 Å². The molecule has 5 aliphatic carbocycles.